The fraction of sp³-hybridized carbons (Fsp3) is 0.917. The molecule has 1 aliphatic rings. The standard InChI is InChI=1S/C12H24N2O4S/c1-9(2)13-19(16,17)14-8-6-7-10(14)11(15)18-12(3,4)5/h9-10,13H,6-8H2,1-5H3/t10-/m1/s1. The number of ether oxygens (including phenoxy) is 1. The molecule has 1 saturated heterocycles. The Morgan fingerprint density at radius 3 is 2.42 bits per heavy atom. The molecule has 19 heavy (non-hydrogen) atoms. The quantitative estimate of drug-likeness (QED) is 0.785. The number of esters is 1. The van der Waals surface area contributed by atoms with Crippen LogP contribution in [0.5, 0.6) is 0 Å². The molecule has 0 bridgehead atoms. The van der Waals surface area contributed by atoms with Crippen molar-refractivity contribution in [2.24, 2.45) is 0 Å². The molecular formula is C12H24N2O4S. The van der Waals surface area contributed by atoms with Crippen molar-refractivity contribution < 1.29 is 17.9 Å². The van der Waals surface area contributed by atoms with E-state index in [9.17, 15) is 13.2 Å². The summed E-state index contributed by atoms with van der Waals surface area (Å²) in [5.74, 6) is -0.473. The van der Waals surface area contributed by atoms with Gasteiger partial charge in [-0.15, -0.1) is 0 Å². The highest BCUT2D eigenvalue weighted by atomic mass is 32.2. The van der Waals surface area contributed by atoms with Gasteiger partial charge in [-0.3, -0.25) is 4.79 Å². The summed E-state index contributed by atoms with van der Waals surface area (Å²) < 4.78 is 33.2. The average Bonchev–Trinajstić information content (AvgIpc) is 2.60. The second-order valence-corrected chi connectivity index (χ2v) is 7.73. The van der Waals surface area contributed by atoms with Crippen molar-refractivity contribution in [3.05, 3.63) is 0 Å². The minimum Gasteiger partial charge on any atom is -0.459 e. The SMILES string of the molecule is CC(C)NS(=O)(=O)N1CCC[C@@H]1C(=O)OC(C)(C)C. The lowest BCUT2D eigenvalue weighted by Gasteiger charge is -2.27. The minimum atomic E-state index is -3.63. The second-order valence-electron chi connectivity index (χ2n) is 6.08. The van der Waals surface area contributed by atoms with Gasteiger partial charge in [0.05, 0.1) is 0 Å². The predicted octanol–water partition coefficient (Wildman–Crippen LogP) is 1.04. The molecule has 1 aliphatic heterocycles. The van der Waals surface area contributed by atoms with Crippen LogP contribution in [0.15, 0.2) is 0 Å². The number of carbonyl (C=O) groups is 1. The maximum absolute atomic E-state index is 12.1. The summed E-state index contributed by atoms with van der Waals surface area (Å²) in [6, 6.07) is -0.916. The monoisotopic (exact) mass is 292 g/mol. The molecule has 0 aromatic rings. The van der Waals surface area contributed by atoms with Crippen molar-refractivity contribution in [2.75, 3.05) is 6.54 Å². The molecule has 1 rings (SSSR count). The molecule has 1 atom stereocenters. The van der Waals surface area contributed by atoms with Crippen molar-refractivity contribution in [1.82, 2.24) is 9.03 Å². The molecule has 0 saturated carbocycles. The Balaban J connectivity index is 2.82. The molecular weight excluding hydrogens is 268 g/mol. The van der Waals surface area contributed by atoms with Crippen molar-refractivity contribution in [2.45, 2.75) is 65.1 Å². The van der Waals surface area contributed by atoms with E-state index >= 15 is 0 Å². The van der Waals surface area contributed by atoms with E-state index in [0.717, 1.165) is 0 Å². The number of nitrogens with one attached hydrogen (secondary N) is 1. The maximum atomic E-state index is 12.1. The summed E-state index contributed by atoms with van der Waals surface area (Å²) >= 11 is 0. The van der Waals surface area contributed by atoms with Gasteiger partial charge in [-0.25, -0.2) is 0 Å². The van der Waals surface area contributed by atoms with Crippen LogP contribution >= 0.6 is 0 Å². The molecule has 0 amide bonds. The van der Waals surface area contributed by atoms with Crippen molar-refractivity contribution in [3.63, 3.8) is 0 Å². The smallest absolute Gasteiger partial charge is 0.325 e. The van der Waals surface area contributed by atoms with E-state index in [1.807, 2.05) is 0 Å². The minimum absolute atomic E-state index is 0.204. The summed E-state index contributed by atoms with van der Waals surface area (Å²) in [4.78, 5) is 12.0. The summed E-state index contributed by atoms with van der Waals surface area (Å²) in [6.07, 6.45) is 1.18. The highest BCUT2D eigenvalue weighted by molar-refractivity contribution is 7.87. The molecule has 0 aliphatic carbocycles. The van der Waals surface area contributed by atoms with E-state index in [1.54, 1.807) is 34.6 Å². The van der Waals surface area contributed by atoms with E-state index < -0.39 is 27.8 Å². The molecule has 6 nitrogen and oxygen atoms in total. The van der Waals surface area contributed by atoms with Gasteiger partial charge in [0.1, 0.15) is 11.6 Å². The van der Waals surface area contributed by atoms with E-state index in [0.29, 0.717) is 19.4 Å². The topological polar surface area (TPSA) is 75.7 Å². The summed E-state index contributed by atoms with van der Waals surface area (Å²) in [5, 5.41) is 0. The number of hydrogen-bond acceptors (Lipinski definition) is 4. The van der Waals surface area contributed by atoms with Gasteiger partial charge in [0, 0.05) is 12.6 Å². The number of nitrogens with zero attached hydrogens (tertiary/aromatic N) is 1. The van der Waals surface area contributed by atoms with Crippen molar-refractivity contribution in [1.29, 1.82) is 0 Å². The van der Waals surface area contributed by atoms with Gasteiger partial charge in [0.15, 0.2) is 0 Å². The first-order valence-electron chi connectivity index (χ1n) is 6.55. The number of hydrogen-bond donors (Lipinski definition) is 1. The van der Waals surface area contributed by atoms with Gasteiger partial charge >= 0.3 is 5.97 Å². The van der Waals surface area contributed by atoms with Crippen molar-refractivity contribution >= 4 is 16.2 Å². The Morgan fingerprint density at radius 1 is 1.37 bits per heavy atom. The molecule has 0 radical (unpaired) electrons. The molecule has 0 aromatic heterocycles. The van der Waals surface area contributed by atoms with E-state index in [4.69, 9.17) is 4.74 Å². The molecule has 1 fully saturated rings. The average molecular weight is 292 g/mol. The largest absolute Gasteiger partial charge is 0.459 e. The highest BCUT2D eigenvalue weighted by Gasteiger charge is 2.40. The lowest BCUT2D eigenvalue weighted by Crippen LogP contribution is -2.49. The highest BCUT2D eigenvalue weighted by Crippen LogP contribution is 2.23. The number of rotatable bonds is 4. The summed E-state index contributed by atoms with van der Waals surface area (Å²) in [7, 11) is -3.63. The third-order valence-electron chi connectivity index (χ3n) is 2.58. The van der Waals surface area contributed by atoms with Crippen LogP contribution in [0.3, 0.4) is 0 Å². The van der Waals surface area contributed by atoms with Crippen LogP contribution in [0, 0.1) is 0 Å². The Morgan fingerprint density at radius 2 is 1.95 bits per heavy atom. The van der Waals surface area contributed by atoms with Gasteiger partial charge in [-0.1, -0.05) is 0 Å². The van der Waals surface area contributed by atoms with Gasteiger partial charge in [-0.2, -0.15) is 17.4 Å². The lowest BCUT2D eigenvalue weighted by molar-refractivity contribution is -0.158. The van der Waals surface area contributed by atoms with Gasteiger partial charge in [0.25, 0.3) is 10.2 Å². The van der Waals surface area contributed by atoms with E-state index in [-0.39, 0.29) is 6.04 Å². The predicted molar refractivity (Wildman–Crippen MR) is 72.8 cm³/mol. The molecule has 112 valence electrons. The van der Waals surface area contributed by atoms with E-state index in [2.05, 4.69) is 4.72 Å². The summed E-state index contributed by atoms with van der Waals surface area (Å²) in [5.41, 5.74) is -0.611. The van der Waals surface area contributed by atoms with Crippen molar-refractivity contribution in [3.8, 4) is 0 Å². The zero-order chi connectivity index (χ0) is 14.8. The molecule has 7 heteroatoms. The third kappa shape index (κ3) is 4.74. The Labute approximate surface area is 115 Å². The van der Waals surface area contributed by atoms with Crippen LogP contribution in [0.2, 0.25) is 0 Å². The summed E-state index contributed by atoms with van der Waals surface area (Å²) in [6.45, 7) is 9.15. The van der Waals surface area contributed by atoms with Crippen LogP contribution in [0.4, 0.5) is 0 Å². The first-order chi connectivity index (χ1) is 8.53. The number of carbonyl (C=O) groups excluding carboxylic acids is 1. The normalized spacial score (nSPS) is 21.9. The van der Waals surface area contributed by atoms with Crippen LogP contribution < -0.4 is 4.72 Å². The molecule has 0 spiro atoms. The van der Waals surface area contributed by atoms with Gasteiger partial charge in [-0.05, 0) is 47.5 Å². The molecule has 0 aromatic carbocycles. The van der Waals surface area contributed by atoms with Crippen LogP contribution in [0.1, 0.15) is 47.5 Å². The van der Waals surface area contributed by atoms with Gasteiger partial charge in [0.2, 0.25) is 0 Å². The Kier molecular flexibility index (Phi) is 4.97. The Hall–Kier alpha value is -0.660. The molecule has 1 N–H and O–H groups in total. The molecule has 1 heterocycles. The van der Waals surface area contributed by atoms with Crippen LogP contribution in [-0.4, -0.2) is 42.9 Å². The fourth-order valence-corrected chi connectivity index (χ4v) is 3.63. The maximum Gasteiger partial charge on any atom is 0.325 e. The third-order valence-corrected chi connectivity index (χ3v) is 4.40. The zero-order valence-electron chi connectivity index (χ0n) is 12.3. The zero-order valence-corrected chi connectivity index (χ0v) is 13.1. The lowest BCUT2D eigenvalue weighted by atomic mass is 10.2. The fourth-order valence-electron chi connectivity index (χ4n) is 2.00. The van der Waals surface area contributed by atoms with Crippen LogP contribution in [0.25, 0.3) is 0 Å². The second kappa shape index (κ2) is 5.76. The van der Waals surface area contributed by atoms with Crippen LogP contribution in [-0.2, 0) is 19.7 Å². The van der Waals surface area contributed by atoms with E-state index in [1.165, 1.54) is 4.31 Å². The first-order valence-corrected chi connectivity index (χ1v) is 7.99. The first kappa shape index (κ1) is 16.4. The Bertz CT molecular complexity index is 426. The molecule has 0 unspecified atom stereocenters. The van der Waals surface area contributed by atoms with Gasteiger partial charge < -0.3 is 4.74 Å².